The second kappa shape index (κ2) is 10.8. The van der Waals surface area contributed by atoms with E-state index < -0.39 is 29.2 Å². The van der Waals surface area contributed by atoms with E-state index in [1.807, 2.05) is 45.8 Å². The molecule has 198 valence electrons. The zero-order valence-electron chi connectivity index (χ0n) is 20.1. The van der Waals surface area contributed by atoms with E-state index in [1.165, 1.54) is 23.8 Å². The number of aromatic nitrogens is 3. The number of thiazole rings is 1. The molecule has 3 aromatic heterocycles. The summed E-state index contributed by atoms with van der Waals surface area (Å²) < 4.78 is 8.76. The molecule has 13 nitrogen and oxygen atoms in total. The first kappa shape index (κ1) is 25.7. The van der Waals surface area contributed by atoms with E-state index in [1.54, 1.807) is 5.38 Å². The normalized spacial score (nSPS) is 19.3. The van der Waals surface area contributed by atoms with E-state index >= 15 is 0 Å². The van der Waals surface area contributed by atoms with Gasteiger partial charge in [-0.15, -0.1) is 23.1 Å². The highest BCUT2D eigenvalue weighted by atomic mass is 32.2. The van der Waals surface area contributed by atoms with Gasteiger partial charge in [-0.1, -0.05) is 11.2 Å². The second-order valence-corrected chi connectivity index (χ2v) is 10.3. The number of methoxy groups -OCH3 is 1. The Morgan fingerprint density at radius 1 is 1.34 bits per heavy atom. The molecule has 1 fully saturated rings. The Hall–Kier alpha value is -3.95. The fraction of sp³-hybridized carbons (Fsp3) is 0.304. The number of carboxylic acids is 1. The molecule has 0 unspecified atom stereocenters. The van der Waals surface area contributed by atoms with Gasteiger partial charge in [-0.2, -0.15) is 0 Å². The first-order chi connectivity index (χ1) is 18.4. The minimum absolute atomic E-state index is 0.0592. The highest BCUT2D eigenvalue weighted by molar-refractivity contribution is 8.00. The Labute approximate surface area is 224 Å². The van der Waals surface area contributed by atoms with Crippen LogP contribution in [0.25, 0.3) is 5.65 Å². The lowest BCUT2D eigenvalue weighted by atomic mass is 10.0. The number of thioether (sulfide) groups is 1. The highest BCUT2D eigenvalue weighted by Gasteiger charge is 2.54. The molecule has 2 aliphatic rings. The number of pyridine rings is 1. The summed E-state index contributed by atoms with van der Waals surface area (Å²) in [6.45, 7) is 0.673. The molecule has 0 aliphatic carbocycles. The molecule has 15 heteroatoms. The topological polar surface area (TPSA) is 165 Å². The van der Waals surface area contributed by atoms with Crippen molar-refractivity contribution < 1.29 is 33.6 Å². The molecule has 2 aliphatic heterocycles. The fourth-order valence-corrected chi connectivity index (χ4v) is 6.11. The Kier molecular flexibility index (Phi) is 7.31. The molecule has 3 aromatic rings. The van der Waals surface area contributed by atoms with Crippen LogP contribution in [0.5, 0.6) is 0 Å². The number of ether oxygens (including phenoxy) is 1. The number of aliphatic carboxylic acids is 1. The maximum atomic E-state index is 13.1. The van der Waals surface area contributed by atoms with Crippen LogP contribution in [0.2, 0.25) is 0 Å². The first-order valence-corrected chi connectivity index (χ1v) is 13.4. The molecule has 1 saturated heterocycles. The fourth-order valence-electron chi connectivity index (χ4n) is 4.23. The van der Waals surface area contributed by atoms with Gasteiger partial charge < -0.3 is 25.7 Å². The van der Waals surface area contributed by atoms with Crippen molar-refractivity contribution in [2.24, 2.45) is 5.16 Å². The van der Waals surface area contributed by atoms with Gasteiger partial charge in [0.15, 0.2) is 10.8 Å². The summed E-state index contributed by atoms with van der Waals surface area (Å²) in [5.74, 6) is -2.02. The summed E-state index contributed by atoms with van der Waals surface area (Å²) in [7, 11) is 1.50. The van der Waals surface area contributed by atoms with Crippen molar-refractivity contribution >= 4 is 57.4 Å². The van der Waals surface area contributed by atoms with Crippen LogP contribution in [0, 0.1) is 0 Å². The number of nitrogens with zero attached hydrogens (tertiary/aromatic N) is 5. The lowest BCUT2D eigenvalue weighted by Crippen LogP contribution is -2.71. The van der Waals surface area contributed by atoms with Crippen LogP contribution < -0.4 is 15.6 Å². The van der Waals surface area contributed by atoms with E-state index in [-0.39, 0.29) is 35.4 Å². The molecule has 5 heterocycles. The standard InChI is InChI=1S/C23H23N7O6S2/c1-35-8-9-36-27-16(14-12-38-23(24)25-14)19(31)26-17-20(32)30-18(22(33)34)13(11-37-21(17)30)10-29-7-6-28-5-3-2-4-15(28)29/h2-7,12,17,21H,8-11H2,1H3,(H3-,24,25,26,31,33,34)/p+1/b27-16-/t17-,21+/m1/s1. The number of nitrogen functional groups attached to an aromatic ring is 1. The molecule has 0 radical (unpaired) electrons. The lowest BCUT2D eigenvalue weighted by Gasteiger charge is -2.49. The summed E-state index contributed by atoms with van der Waals surface area (Å²) in [4.78, 5) is 49.0. The van der Waals surface area contributed by atoms with Crippen molar-refractivity contribution in [3.63, 3.8) is 0 Å². The number of anilines is 1. The van der Waals surface area contributed by atoms with Crippen molar-refractivity contribution in [2.45, 2.75) is 18.0 Å². The lowest BCUT2D eigenvalue weighted by molar-refractivity contribution is -0.662. The molecule has 4 N–H and O–H groups in total. The molecule has 5 rings (SSSR count). The summed E-state index contributed by atoms with van der Waals surface area (Å²) in [5, 5.41) is 17.8. The van der Waals surface area contributed by atoms with Crippen LogP contribution in [0.15, 0.2) is 58.6 Å². The first-order valence-electron chi connectivity index (χ1n) is 11.4. The van der Waals surface area contributed by atoms with E-state index in [0.717, 1.165) is 17.0 Å². The van der Waals surface area contributed by atoms with E-state index in [4.69, 9.17) is 15.3 Å². The Balaban J connectivity index is 1.34. The van der Waals surface area contributed by atoms with E-state index in [9.17, 15) is 19.5 Å². The molecule has 0 spiro atoms. The van der Waals surface area contributed by atoms with Gasteiger partial charge in [0.25, 0.3) is 17.5 Å². The number of hydrogen-bond donors (Lipinski definition) is 3. The number of carbonyl (C=O) groups excluding carboxylic acids is 2. The quantitative estimate of drug-likeness (QED) is 0.103. The number of imidazole rings is 1. The number of carboxylic acid groups (broad SMARTS) is 1. The molecule has 38 heavy (non-hydrogen) atoms. The Bertz CT molecular complexity index is 1470. The Morgan fingerprint density at radius 2 is 2.18 bits per heavy atom. The third-order valence-electron chi connectivity index (χ3n) is 5.98. The van der Waals surface area contributed by atoms with Gasteiger partial charge in [-0.25, -0.2) is 18.7 Å². The van der Waals surface area contributed by atoms with Gasteiger partial charge in [0.05, 0.1) is 12.8 Å². The van der Waals surface area contributed by atoms with Gasteiger partial charge in [0.2, 0.25) is 0 Å². The minimum Gasteiger partial charge on any atom is -0.477 e. The number of nitrogens with one attached hydrogen (secondary N) is 1. The molecular formula is C23H24N7O6S2+. The maximum Gasteiger partial charge on any atom is 0.352 e. The van der Waals surface area contributed by atoms with Crippen LogP contribution in [0.4, 0.5) is 5.13 Å². The smallest absolute Gasteiger partial charge is 0.352 e. The minimum atomic E-state index is -1.20. The molecule has 0 aromatic carbocycles. The Morgan fingerprint density at radius 3 is 2.92 bits per heavy atom. The van der Waals surface area contributed by atoms with Crippen LogP contribution in [-0.2, 0) is 30.5 Å². The van der Waals surface area contributed by atoms with Gasteiger partial charge >= 0.3 is 5.97 Å². The zero-order valence-corrected chi connectivity index (χ0v) is 21.8. The van der Waals surface area contributed by atoms with Crippen LogP contribution >= 0.6 is 23.1 Å². The van der Waals surface area contributed by atoms with Gasteiger partial charge in [-0.3, -0.25) is 14.5 Å². The summed E-state index contributed by atoms with van der Waals surface area (Å²) in [6.07, 6.45) is 5.64. The average molecular weight is 559 g/mol. The largest absolute Gasteiger partial charge is 0.477 e. The maximum absolute atomic E-state index is 13.1. The zero-order chi connectivity index (χ0) is 26.8. The van der Waals surface area contributed by atoms with E-state index in [2.05, 4.69) is 15.5 Å². The van der Waals surface area contributed by atoms with Crippen LogP contribution in [0.3, 0.4) is 0 Å². The molecule has 0 bridgehead atoms. The van der Waals surface area contributed by atoms with Gasteiger partial charge in [-0.05, 0) is 6.07 Å². The average Bonchev–Trinajstić information content (AvgIpc) is 3.52. The number of β-lactam (4-membered cyclic amide) rings is 1. The third kappa shape index (κ3) is 4.82. The number of nitrogens with two attached hydrogens (primary N) is 1. The van der Waals surface area contributed by atoms with E-state index in [0.29, 0.717) is 17.9 Å². The molecule has 0 saturated carbocycles. The number of carbonyl (C=O) groups is 3. The van der Waals surface area contributed by atoms with Crippen molar-refractivity contribution in [1.82, 2.24) is 19.6 Å². The predicted molar refractivity (Wildman–Crippen MR) is 138 cm³/mol. The van der Waals surface area contributed by atoms with Crippen molar-refractivity contribution in [1.29, 1.82) is 0 Å². The second-order valence-electron chi connectivity index (χ2n) is 8.35. The van der Waals surface area contributed by atoms with Gasteiger partial charge in [0, 0.05) is 29.9 Å². The van der Waals surface area contributed by atoms with Crippen molar-refractivity contribution in [2.75, 3.05) is 31.8 Å². The summed E-state index contributed by atoms with van der Waals surface area (Å²) >= 11 is 2.52. The molecule has 2 atom stereocenters. The summed E-state index contributed by atoms with van der Waals surface area (Å²) in [6, 6.07) is 4.79. The van der Waals surface area contributed by atoms with Crippen molar-refractivity contribution in [3.05, 3.63) is 59.1 Å². The third-order valence-corrected chi connectivity index (χ3v) is 7.99. The van der Waals surface area contributed by atoms with Gasteiger partial charge in [0.1, 0.15) is 48.4 Å². The van der Waals surface area contributed by atoms with Crippen LogP contribution in [-0.4, -0.2) is 80.4 Å². The van der Waals surface area contributed by atoms with Crippen molar-refractivity contribution in [3.8, 4) is 0 Å². The number of amides is 2. The number of fused-ring (bicyclic) bond motifs is 2. The highest BCUT2D eigenvalue weighted by Crippen LogP contribution is 2.40. The molecular weight excluding hydrogens is 534 g/mol. The predicted octanol–water partition coefficient (Wildman–Crippen LogP) is 0.0714. The van der Waals surface area contributed by atoms with Crippen LogP contribution in [0.1, 0.15) is 5.69 Å². The number of hydrogen-bond acceptors (Lipinski definition) is 10. The number of oxime groups is 1. The SMILES string of the molecule is COCCO/N=C(\C(=O)N[C@@H]1C(=O)N2C(C(=O)O)=C(C[n+]3ccn4ccccc43)CS[C@@H]12)c1csc(N)n1. The summed E-state index contributed by atoms with van der Waals surface area (Å²) in [5.41, 5.74) is 7.20. The molecule has 2 amide bonds. The monoisotopic (exact) mass is 558 g/mol. The number of rotatable bonds is 10.